The minimum atomic E-state index is -1.42. The zero-order chi connectivity index (χ0) is 52.1. The van der Waals surface area contributed by atoms with Crippen molar-refractivity contribution in [1.82, 2.24) is 16.0 Å². The molecular weight excluding hydrogens is 957 g/mol. The third-order valence-corrected chi connectivity index (χ3v) is 18.3. The number of carbonyl (C=O) groups excluding carboxylic acids is 5. The van der Waals surface area contributed by atoms with E-state index in [1.54, 1.807) is 12.1 Å². The number of carboxylic acid groups (broad SMARTS) is 1. The van der Waals surface area contributed by atoms with E-state index in [1.807, 2.05) is 50.2 Å². The lowest BCUT2D eigenvalue weighted by Gasteiger charge is -2.59. The first-order valence-electron chi connectivity index (χ1n) is 25.4. The van der Waals surface area contributed by atoms with Gasteiger partial charge in [0.25, 0.3) is 0 Å². The van der Waals surface area contributed by atoms with Crippen molar-refractivity contribution in [3.05, 3.63) is 89.5 Å². The number of aliphatic hydroxyl groups is 2. The van der Waals surface area contributed by atoms with E-state index in [2.05, 4.69) is 66.3 Å². The van der Waals surface area contributed by atoms with Gasteiger partial charge >= 0.3 is 5.97 Å². The molecule has 0 radical (unpaired) electrons. The van der Waals surface area contributed by atoms with Crippen LogP contribution in [-0.2, 0) is 38.2 Å². The van der Waals surface area contributed by atoms with Gasteiger partial charge in [0, 0.05) is 56.0 Å². The Morgan fingerprint density at radius 1 is 0.958 bits per heavy atom. The van der Waals surface area contributed by atoms with Crippen molar-refractivity contribution in [3.63, 3.8) is 0 Å². The third-order valence-electron chi connectivity index (χ3n) is 15.9. The molecule has 7 N–H and O–H groups in total. The maximum atomic E-state index is 14.0. The van der Waals surface area contributed by atoms with Crippen LogP contribution < -0.4 is 21.3 Å². The van der Waals surface area contributed by atoms with E-state index in [-0.39, 0.29) is 47.8 Å². The normalized spacial score (nSPS) is 30.3. The van der Waals surface area contributed by atoms with Crippen LogP contribution in [0.1, 0.15) is 118 Å². The number of carbonyl (C=O) groups is 6. The standard InChI is InChI=1S/C55H72N4O11S2/c1-8-10-12-31(3)71-43(28-47(64)65)51(68)56-24-22-46(63)57-32(4)49(66)58-33(5)50(67)59-37-13-11-14-39(26-37)72-38-18-15-35(16-19-38)52-69-45-27-41-40-20-17-36-25-34(9-2)21-23-53(36,6)48(40)42(61)29-54(41,7)55(45,70-52)44(62)30-60/h9,11,13-16,18-19,21,23,25-26,31-33,40-43,45,48,52,60-61H,8,10,12,17,20,22,24,27-30H2,1-7H3,(H,56,68)(H,57,63)(H,58,66)(H,59,67)(H,64,65)/b34-9+/t31?,32-,33-,40-,41?,42-,43?,45+,48?,52+,53-,54-,55+/m0/s1. The van der Waals surface area contributed by atoms with Crippen LogP contribution in [0, 0.1) is 28.6 Å². The van der Waals surface area contributed by atoms with Crippen molar-refractivity contribution in [1.29, 1.82) is 0 Å². The molecule has 4 aliphatic carbocycles. The van der Waals surface area contributed by atoms with Crippen molar-refractivity contribution in [2.24, 2.45) is 28.6 Å². The Morgan fingerprint density at radius 2 is 1.69 bits per heavy atom. The van der Waals surface area contributed by atoms with E-state index in [0.29, 0.717) is 18.5 Å². The fourth-order valence-corrected chi connectivity index (χ4v) is 14.4. The third kappa shape index (κ3) is 11.5. The van der Waals surface area contributed by atoms with Crippen molar-refractivity contribution in [2.75, 3.05) is 18.5 Å². The zero-order valence-corrected chi connectivity index (χ0v) is 44.0. The predicted octanol–water partition coefficient (Wildman–Crippen LogP) is 7.43. The molecule has 390 valence electrons. The van der Waals surface area contributed by atoms with E-state index in [9.17, 15) is 44.1 Å². The molecule has 15 nitrogen and oxygen atoms in total. The van der Waals surface area contributed by atoms with Gasteiger partial charge < -0.3 is 46.1 Å². The molecule has 1 heterocycles. The van der Waals surface area contributed by atoms with Crippen LogP contribution >= 0.6 is 23.5 Å². The molecule has 2 aromatic carbocycles. The molecule has 13 atom stereocenters. The number of aliphatic hydroxyl groups excluding tert-OH is 2. The number of fused-ring (bicyclic) bond motifs is 7. The maximum absolute atomic E-state index is 14.0. The largest absolute Gasteiger partial charge is 0.481 e. The highest BCUT2D eigenvalue weighted by Gasteiger charge is 2.76. The Morgan fingerprint density at radius 3 is 2.39 bits per heavy atom. The number of rotatable bonds is 21. The van der Waals surface area contributed by atoms with Crippen molar-refractivity contribution in [2.45, 2.75) is 163 Å². The molecule has 1 saturated heterocycles. The molecule has 3 saturated carbocycles. The summed E-state index contributed by atoms with van der Waals surface area (Å²) in [5.41, 5.74) is 1.27. The smallest absolute Gasteiger partial charge is 0.305 e. The quantitative estimate of drug-likeness (QED) is 0.0646. The number of hydrogen-bond donors (Lipinski definition) is 7. The van der Waals surface area contributed by atoms with Crippen molar-refractivity contribution >= 4 is 64.6 Å². The molecule has 4 amide bonds. The van der Waals surface area contributed by atoms with Gasteiger partial charge in [0.2, 0.25) is 23.6 Å². The number of allylic oxidation sites excluding steroid dienone is 6. The maximum Gasteiger partial charge on any atom is 0.305 e. The molecule has 0 bridgehead atoms. The molecular formula is C55H72N4O11S2. The minimum absolute atomic E-state index is 0.0128. The van der Waals surface area contributed by atoms with Gasteiger partial charge in [-0.2, -0.15) is 0 Å². The number of amides is 4. The van der Waals surface area contributed by atoms with Gasteiger partial charge in [0.1, 0.15) is 18.7 Å². The molecule has 0 aromatic heterocycles. The second-order valence-corrected chi connectivity index (χ2v) is 23.4. The summed E-state index contributed by atoms with van der Waals surface area (Å²) in [6.45, 7) is 12.6. The van der Waals surface area contributed by atoms with Gasteiger partial charge in [-0.3, -0.25) is 28.8 Å². The number of hydrogen-bond acceptors (Lipinski definition) is 12. The average molecular weight is 1030 g/mol. The van der Waals surface area contributed by atoms with Gasteiger partial charge in [-0.1, -0.05) is 100 Å². The van der Waals surface area contributed by atoms with Crippen molar-refractivity contribution in [3.8, 4) is 0 Å². The van der Waals surface area contributed by atoms with Crippen LogP contribution in [-0.4, -0.2) is 104 Å². The predicted molar refractivity (Wildman–Crippen MR) is 277 cm³/mol. The summed E-state index contributed by atoms with van der Waals surface area (Å²) in [6, 6.07) is 13.0. The number of aliphatic carboxylic acids is 1. The number of benzene rings is 2. The van der Waals surface area contributed by atoms with Crippen LogP contribution in [0.3, 0.4) is 0 Å². The Hall–Kier alpha value is -4.78. The number of nitrogens with one attached hydrogen (secondary N) is 4. The van der Waals surface area contributed by atoms with Crippen LogP contribution in [0.5, 0.6) is 0 Å². The van der Waals surface area contributed by atoms with Crippen LogP contribution in [0.2, 0.25) is 0 Å². The summed E-state index contributed by atoms with van der Waals surface area (Å²) in [4.78, 5) is 78.8. The number of carboxylic acids is 1. The molecule has 5 aliphatic rings. The highest BCUT2D eigenvalue weighted by molar-refractivity contribution is 8.01. The van der Waals surface area contributed by atoms with Crippen LogP contribution in [0.4, 0.5) is 5.69 Å². The molecule has 17 heteroatoms. The lowest BCUT2D eigenvalue weighted by atomic mass is 9.46. The summed E-state index contributed by atoms with van der Waals surface area (Å²) in [6.07, 6.45) is 11.8. The number of anilines is 1. The Balaban J connectivity index is 0.898. The molecule has 4 fully saturated rings. The summed E-state index contributed by atoms with van der Waals surface area (Å²) in [7, 11) is 0. The SMILES string of the molecule is C/C=C1\C=C[C@@]2(C)C(=C1)CC[C@@H]1C2[C@@H](O)C[C@@]2(C)C1C[C@H]1O[C@@H](c3ccc(Sc4cccc(NC(=O)[C@H](C)NC(=O)[C@H](C)NC(=O)CCNC(=O)C(CC(=O)O)SC(C)CCCC)c4)cc3)O[C@]12C(=O)CO. The number of unbranched alkanes of at least 4 members (excludes halogenated alkanes) is 1. The lowest BCUT2D eigenvalue weighted by Crippen LogP contribution is -2.63. The minimum Gasteiger partial charge on any atom is -0.481 e. The highest BCUT2D eigenvalue weighted by Crippen LogP contribution is 2.70. The molecule has 2 aromatic rings. The number of ether oxygens (including phenoxy) is 2. The van der Waals surface area contributed by atoms with Gasteiger partial charge in [-0.15, -0.1) is 11.8 Å². The number of Topliss-reactive ketones (excluding diaryl/α,β-unsaturated/α-hetero) is 1. The molecule has 0 spiro atoms. The first-order chi connectivity index (χ1) is 34.3. The molecule has 7 rings (SSSR count). The lowest BCUT2D eigenvalue weighted by molar-refractivity contribution is -0.201. The summed E-state index contributed by atoms with van der Waals surface area (Å²) < 4.78 is 13.5. The summed E-state index contributed by atoms with van der Waals surface area (Å²) in [5, 5.41) is 41.8. The van der Waals surface area contributed by atoms with E-state index in [0.717, 1.165) is 47.5 Å². The molecule has 1 aliphatic heterocycles. The number of ketones is 1. The Kier molecular flexibility index (Phi) is 17.7. The summed E-state index contributed by atoms with van der Waals surface area (Å²) >= 11 is 2.77. The highest BCUT2D eigenvalue weighted by atomic mass is 32.2. The Labute approximate surface area is 431 Å². The average Bonchev–Trinajstić information content (AvgIpc) is 3.85. The Bertz CT molecular complexity index is 2460. The second kappa shape index (κ2) is 23.2. The van der Waals surface area contributed by atoms with Gasteiger partial charge in [-0.05, 0) is 101 Å². The van der Waals surface area contributed by atoms with E-state index >= 15 is 0 Å². The van der Waals surface area contributed by atoms with Gasteiger partial charge in [0.15, 0.2) is 17.7 Å². The summed E-state index contributed by atoms with van der Waals surface area (Å²) in [5.74, 6) is -3.33. The van der Waals surface area contributed by atoms with Crippen LogP contribution in [0.25, 0.3) is 0 Å². The second-order valence-electron chi connectivity index (χ2n) is 20.6. The first-order valence-corrected chi connectivity index (χ1v) is 27.2. The number of thioether (sulfide) groups is 1. The fourth-order valence-electron chi connectivity index (χ4n) is 12.2. The van der Waals surface area contributed by atoms with E-state index < -0.39 is 88.8 Å². The van der Waals surface area contributed by atoms with E-state index in [4.69, 9.17) is 9.47 Å². The van der Waals surface area contributed by atoms with Crippen molar-refractivity contribution < 1.29 is 53.6 Å². The first kappa shape index (κ1) is 55.0. The fraction of sp³-hybridized carbons (Fsp3) is 0.564. The van der Waals surface area contributed by atoms with Gasteiger partial charge in [0.05, 0.1) is 23.9 Å². The van der Waals surface area contributed by atoms with Gasteiger partial charge in [-0.25, -0.2) is 0 Å². The zero-order valence-electron chi connectivity index (χ0n) is 42.4. The van der Waals surface area contributed by atoms with E-state index in [1.165, 1.54) is 48.5 Å². The topological polar surface area (TPSA) is 230 Å². The van der Waals surface area contributed by atoms with Crippen LogP contribution in [0.15, 0.2) is 93.8 Å². The molecule has 72 heavy (non-hydrogen) atoms. The monoisotopic (exact) mass is 1030 g/mol. The molecule has 4 unspecified atom stereocenters.